The van der Waals surface area contributed by atoms with Crippen LogP contribution in [0.2, 0.25) is 0 Å². The van der Waals surface area contributed by atoms with E-state index in [1.807, 2.05) is 39.8 Å². The second kappa shape index (κ2) is 10.0. The topological polar surface area (TPSA) is 52.6 Å². The van der Waals surface area contributed by atoms with Crippen LogP contribution in [0, 0.1) is 0 Å². The largest absolute Gasteiger partial charge is 0.483 e. The molecule has 0 amide bonds. The van der Waals surface area contributed by atoms with E-state index >= 15 is 0 Å². The van der Waals surface area contributed by atoms with Gasteiger partial charge < -0.3 is 9.47 Å². The van der Waals surface area contributed by atoms with Crippen molar-refractivity contribution in [3.8, 4) is 11.1 Å². The van der Waals surface area contributed by atoms with Gasteiger partial charge in [0.1, 0.15) is 0 Å². The van der Waals surface area contributed by atoms with Crippen LogP contribution in [0.3, 0.4) is 0 Å². The summed E-state index contributed by atoms with van der Waals surface area (Å²) in [5.41, 5.74) is 5.46. The van der Waals surface area contributed by atoms with Crippen LogP contribution in [-0.2, 0) is 14.9 Å². The van der Waals surface area contributed by atoms with Crippen molar-refractivity contribution >= 4 is 11.6 Å². The Labute approximate surface area is 209 Å². The fourth-order valence-electron chi connectivity index (χ4n) is 5.63. The van der Waals surface area contributed by atoms with Crippen molar-refractivity contribution in [2.24, 2.45) is 0 Å². The first-order valence-electron chi connectivity index (χ1n) is 13.2. The number of ether oxygens (including phenoxy) is 2. The number of Topliss-reactive ketones (excluding diaryl/α,β-unsaturated/α-hetero) is 2. The van der Waals surface area contributed by atoms with Crippen LogP contribution in [-0.4, -0.2) is 23.8 Å². The SMILES string of the molecule is CCCCC1(CCCC)c2ccccc2-c2cc3c(cc21)C(=O)C(OC(C)C)=C(OC(C)C)C3=O. The number of allylic oxidation sites excluding steroid dienone is 2. The summed E-state index contributed by atoms with van der Waals surface area (Å²) in [5.74, 6) is -0.471. The number of carbonyl (C=O) groups excluding carboxylic acids is 2. The van der Waals surface area contributed by atoms with E-state index in [1.165, 1.54) is 16.7 Å². The molecule has 0 spiro atoms. The molecule has 35 heavy (non-hydrogen) atoms. The lowest BCUT2D eigenvalue weighted by molar-refractivity contribution is 0.0594. The minimum atomic E-state index is -0.274. The Morgan fingerprint density at radius 2 is 1.20 bits per heavy atom. The third kappa shape index (κ3) is 4.32. The maximum Gasteiger partial charge on any atom is 0.232 e. The lowest BCUT2D eigenvalue weighted by atomic mass is 9.70. The Morgan fingerprint density at radius 1 is 0.686 bits per heavy atom. The van der Waals surface area contributed by atoms with Crippen LogP contribution in [0.5, 0.6) is 0 Å². The fourth-order valence-corrected chi connectivity index (χ4v) is 5.63. The summed E-state index contributed by atoms with van der Waals surface area (Å²) in [4.78, 5) is 27.5. The molecule has 0 N–H and O–H groups in total. The molecule has 4 rings (SSSR count). The van der Waals surface area contributed by atoms with Gasteiger partial charge in [0, 0.05) is 16.5 Å². The number of benzene rings is 2. The summed E-state index contributed by atoms with van der Waals surface area (Å²) in [5, 5.41) is 0. The molecule has 0 saturated heterocycles. The highest BCUT2D eigenvalue weighted by Gasteiger charge is 2.45. The molecule has 2 aliphatic carbocycles. The Kier molecular flexibility index (Phi) is 7.21. The smallest absolute Gasteiger partial charge is 0.232 e. The predicted octanol–water partition coefficient (Wildman–Crippen LogP) is 7.77. The summed E-state index contributed by atoms with van der Waals surface area (Å²) >= 11 is 0. The zero-order valence-electron chi connectivity index (χ0n) is 22.0. The molecule has 186 valence electrons. The average Bonchev–Trinajstić information content (AvgIpc) is 3.10. The molecule has 0 fully saturated rings. The average molecular weight is 475 g/mol. The molecule has 0 bridgehead atoms. The van der Waals surface area contributed by atoms with Gasteiger partial charge in [0.05, 0.1) is 12.2 Å². The first-order valence-corrected chi connectivity index (χ1v) is 13.2. The highest BCUT2D eigenvalue weighted by Crippen LogP contribution is 2.55. The van der Waals surface area contributed by atoms with E-state index in [-0.39, 0.29) is 40.7 Å². The van der Waals surface area contributed by atoms with Crippen molar-refractivity contribution in [3.63, 3.8) is 0 Å². The molecule has 4 heteroatoms. The molecule has 2 aromatic carbocycles. The van der Waals surface area contributed by atoms with Gasteiger partial charge in [-0.1, -0.05) is 63.8 Å². The van der Waals surface area contributed by atoms with E-state index in [9.17, 15) is 9.59 Å². The van der Waals surface area contributed by atoms with Crippen LogP contribution >= 0.6 is 0 Å². The molecule has 2 aliphatic rings. The maximum absolute atomic E-state index is 13.8. The van der Waals surface area contributed by atoms with Crippen molar-refractivity contribution in [1.29, 1.82) is 0 Å². The van der Waals surface area contributed by atoms with Gasteiger partial charge in [0.2, 0.25) is 23.1 Å². The standard InChI is InChI=1S/C31H38O4/c1-7-9-15-31(16-10-8-2)25-14-12-11-13-21(25)22-17-23-24(18-26(22)31)28(33)30(35-20(5)6)29(27(23)32)34-19(3)4/h11-14,17-20H,7-10,15-16H2,1-6H3. The highest BCUT2D eigenvalue weighted by atomic mass is 16.5. The van der Waals surface area contributed by atoms with Crippen molar-refractivity contribution in [3.05, 3.63) is 70.2 Å². The van der Waals surface area contributed by atoms with E-state index in [0.717, 1.165) is 44.1 Å². The highest BCUT2D eigenvalue weighted by molar-refractivity contribution is 6.26. The third-order valence-corrected chi connectivity index (χ3v) is 7.14. The zero-order valence-corrected chi connectivity index (χ0v) is 22.0. The second-order valence-electron chi connectivity index (χ2n) is 10.4. The minimum absolute atomic E-state index is 0.0284. The van der Waals surface area contributed by atoms with Gasteiger partial charge in [-0.05, 0) is 74.9 Å². The third-order valence-electron chi connectivity index (χ3n) is 7.14. The van der Waals surface area contributed by atoms with E-state index in [1.54, 1.807) is 0 Å². The second-order valence-corrected chi connectivity index (χ2v) is 10.4. The molecule has 0 saturated carbocycles. The van der Waals surface area contributed by atoms with Crippen LogP contribution in [0.1, 0.15) is 112 Å². The van der Waals surface area contributed by atoms with Gasteiger partial charge in [-0.2, -0.15) is 0 Å². The molecular formula is C31H38O4. The number of fused-ring (bicyclic) bond motifs is 4. The van der Waals surface area contributed by atoms with E-state index in [4.69, 9.17) is 9.47 Å². The summed E-state index contributed by atoms with van der Waals surface area (Å²) in [6.07, 6.45) is 5.99. The van der Waals surface area contributed by atoms with Crippen LogP contribution < -0.4 is 0 Å². The first-order chi connectivity index (χ1) is 16.7. The van der Waals surface area contributed by atoms with Gasteiger partial charge in [0.15, 0.2) is 0 Å². The summed E-state index contributed by atoms with van der Waals surface area (Å²) < 4.78 is 11.8. The summed E-state index contributed by atoms with van der Waals surface area (Å²) in [6, 6.07) is 12.5. The molecule has 0 unspecified atom stereocenters. The van der Waals surface area contributed by atoms with Crippen molar-refractivity contribution < 1.29 is 19.1 Å². The summed E-state index contributed by atoms with van der Waals surface area (Å²) in [6.45, 7) is 11.9. The van der Waals surface area contributed by atoms with Crippen molar-refractivity contribution in [1.82, 2.24) is 0 Å². The Bertz CT molecular complexity index is 1160. The predicted molar refractivity (Wildman–Crippen MR) is 140 cm³/mol. The van der Waals surface area contributed by atoms with Crippen molar-refractivity contribution in [2.45, 2.75) is 97.7 Å². The van der Waals surface area contributed by atoms with Gasteiger partial charge in [-0.25, -0.2) is 0 Å². The monoisotopic (exact) mass is 474 g/mol. The lowest BCUT2D eigenvalue weighted by Gasteiger charge is -2.33. The van der Waals surface area contributed by atoms with Crippen LogP contribution in [0.15, 0.2) is 47.9 Å². The van der Waals surface area contributed by atoms with Gasteiger partial charge in [0.25, 0.3) is 0 Å². The maximum atomic E-state index is 13.8. The van der Waals surface area contributed by atoms with Gasteiger partial charge in [-0.15, -0.1) is 0 Å². The number of hydrogen-bond donors (Lipinski definition) is 0. The minimum Gasteiger partial charge on any atom is -0.483 e. The lowest BCUT2D eigenvalue weighted by Crippen LogP contribution is -2.29. The first kappa shape index (κ1) is 25.2. The number of carbonyl (C=O) groups is 2. The van der Waals surface area contributed by atoms with E-state index in [2.05, 4.69) is 38.1 Å². The fraction of sp³-hybridized carbons (Fsp3) is 0.484. The number of hydrogen-bond acceptors (Lipinski definition) is 4. The Morgan fingerprint density at radius 3 is 1.71 bits per heavy atom. The number of ketones is 2. The van der Waals surface area contributed by atoms with Gasteiger partial charge >= 0.3 is 0 Å². The Balaban J connectivity index is 1.95. The molecule has 0 heterocycles. The molecule has 0 aliphatic heterocycles. The molecule has 0 aromatic heterocycles. The quantitative estimate of drug-likeness (QED) is 0.353. The molecule has 0 radical (unpaired) electrons. The molecule has 4 nitrogen and oxygen atoms in total. The number of unbranched alkanes of at least 4 members (excludes halogenated alkanes) is 2. The summed E-state index contributed by atoms with van der Waals surface area (Å²) in [7, 11) is 0. The van der Waals surface area contributed by atoms with E-state index < -0.39 is 0 Å². The van der Waals surface area contributed by atoms with Crippen molar-refractivity contribution in [2.75, 3.05) is 0 Å². The zero-order chi connectivity index (χ0) is 25.3. The molecule has 2 aromatic rings. The Hall–Kier alpha value is -2.88. The van der Waals surface area contributed by atoms with Gasteiger partial charge in [-0.3, -0.25) is 9.59 Å². The normalized spacial score (nSPS) is 16.0. The van der Waals surface area contributed by atoms with Crippen LogP contribution in [0.4, 0.5) is 0 Å². The van der Waals surface area contributed by atoms with Crippen LogP contribution in [0.25, 0.3) is 11.1 Å². The molecular weight excluding hydrogens is 436 g/mol. The van der Waals surface area contributed by atoms with E-state index in [0.29, 0.717) is 11.1 Å². The number of rotatable bonds is 10. The molecule has 0 atom stereocenters.